The number of aryl methyl sites for hydroxylation is 1. The number of rotatable bonds is 6. The van der Waals surface area contributed by atoms with E-state index < -0.39 is 14.9 Å². The minimum absolute atomic E-state index is 0.0262. The topological polar surface area (TPSA) is 107 Å². The number of anilines is 1. The average Bonchev–Trinajstić information content (AvgIpc) is 3.18. The van der Waals surface area contributed by atoms with Gasteiger partial charge in [0.2, 0.25) is 10.0 Å². The van der Waals surface area contributed by atoms with Crippen molar-refractivity contribution in [2.75, 3.05) is 18.8 Å². The minimum atomic E-state index is -3.74. The maximum Gasteiger partial charge on any atom is 0.293 e. The summed E-state index contributed by atoms with van der Waals surface area (Å²) in [5.41, 5.74) is 5.61. The van der Waals surface area contributed by atoms with E-state index in [0.717, 1.165) is 18.9 Å². The van der Waals surface area contributed by atoms with Gasteiger partial charge in [0, 0.05) is 19.2 Å². The molecule has 2 rings (SSSR count). The van der Waals surface area contributed by atoms with Crippen molar-refractivity contribution in [2.24, 2.45) is 5.92 Å². The lowest BCUT2D eigenvalue weighted by Crippen LogP contribution is -2.33. The predicted molar refractivity (Wildman–Crippen MR) is 79.4 cm³/mol. The smallest absolute Gasteiger partial charge is 0.293 e. The van der Waals surface area contributed by atoms with Crippen molar-refractivity contribution >= 4 is 21.4 Å². The first-order valence-electron chi connectivity index (χ1n) is 6.82. The highest BCUT2D eigenvalue weighted by molar-refractivity contribution is 7.89. The van der Waals surface area contributed by atoms with E-state index in [2.05, 4.69) is 0 Å². The maximum atomic E-state index is 12.7. The average molecular weight is 313 g/mol. The summed E-state index contributed by atoms with van der Waals surface area (Å²) in [7, 11) is -3.74. The van der Waals surface area contributed by atoms with Gasteiger partial charge in [0.15, 0.2) is 0 Å². The SMILES string of the molecule is CCN(CC1CC1)S(=O)(=O)c1cc([N+](=O)[O-])c(N)cc1C. The Hall–Kier alpha value is -1.67. The molecule has 8 heteroatoms. The number of nitrogens with two attached hydrogens (primary N) is 1. The van der Waals surface area contributed by atoms with Crippen molar-refractivity contribution in [2.45, 2.75) is 31.6 Å². The second-order valence-corrected chi connectivity index (χ2v) is 7.24. The van der Waals surface area contributed by atoms with Crippen molar-refractivity contribution < 1.29 is 13.3 Å². The lowest BCUT2D eigenvalue weighted by atomic mass is 10.2. The van der Waals surface area contributed by atoms with Crippen LogP contribution in [0.25, 0.3) is 0 Å². The van der Waals surface area contributed by atoms with Crippen LogP contribution in [0.4, 0.5) is 11.4 Å². The van der Waals surface area contributed by atoms with E-state index in [0.29, 0.717) is 24.6 Å². The van der Waals surface area contributed by atoms with E-state index in [1.54, 1.807) is 13.8 Å². The van der Waals surface area contributed by atoms with E-state index >= 15 is 0 Å². The Bertz CT molecular complexity index is 668. The van der Waals surface area contributed by atoms with Gasteiger partial charge in [0.05, 0.1) is 9.82 Å². The Morgan fingerprint density at radius 2 is 2.05 bits per heavy atom. The van der Waals surface area contributed by atoms with E-state index in [1.807, 2.05) is 0 Å². The molecule has 116 valence electrons. The third-order valence-corrected chi connectivity index (χ3v) is 5.73. The summed E-state index contributed by atoms with van der Waals surface area (Å²) in [6.45, 7) is 4.17. The van der Waals surface area contributed by atoms with Crippen molar-refractivity contribution in [1.29, 1.82) is 0 Å². The molecule has 0 saturated heterocycles. The van der Waals surface area contributed by atoms with E-state index in [-0.39, 0.29) is 16.3 Å². The fourth-order valence-electron chi connectivity index (χ4n) is 2.26. The van der Waals surface area contributed by atoms with Crippen LogP contribution in [0.15, 0.2) is 17.0 Å². The van der Waals surface area contributed by atoms with Gasteiger partial charge in [-0.15, -0.1) is 0 Å². The van der Waals surface area contributed by atoms with Crippen molar-refractivity contribution in [1.82, 2.24) is 4.31 Å². The Morgan fingerprint density at radius 3 is 2.52 bits per heavy atom. The second-order valence-electron chi connectivity index (χ2n) is 5.33. The Balaban J connectivity index is 2.47. The lowest BCUT2D eigenvalue weighted by Gasteiger charge is -2.21. The van der Waals surface area contributed by atoms with E-state index in [9.17, 15) is 18.5 Å². The molecule has 0 bridgehead atoms. The summed E-state index contributed by atoms with van der Waals surface area (Å²) in [5.74, 6) is 0.406. The molecule has 7 nitrogen and oxygen atoms in total. The molecule has 21 heavy (non-hydrogen) atoms. The molecule has 1 fully saturated rings. The van der Waals surface area contributed by atoms with Crippen LogP contribution in [0.2, 0.25) is 0 Å². The molecule has 0 amide bonds. The molecule has 0 radical (unpaired) electrons. The zero-order valence-electron chi connectivity index (χ0n) is 12.1. The monoisotopic (exact) mass is 313 g/mol. The maximum absolute atomic E-state index is 12.7. The van der Waals surface area contributed by atoms with Gasteiger partial charge in [-0.05, 0) is 37.3 Å². The van der Waals surface area contributed by atoms with Crippen LogP contribution >= 0.6 is 0 Å². The van der Waals surface area contributed by atoms with Crippen LogP contribution in [-0.2, 0) is 10.0 Å². The van der Waals surface area contributed by atoms with Crippen LogP contribution in [0.5, 0.6) is 0 Å². The standard InChI is InChI=1S/C13H19N3O4S/c1-3-15(8-10-4-5-10)21(19,20)13-7-12(16(17)18)11(14)6-9(13)2/h6-7,10H,3-5,8,14H2,1-2H3. The molecule has 0 aliphatic heterocycles. The summed E-state index contributed by atoms with van der Waals surface area (Å²) < 4.78 is 26.8. The molecular weight excluding hydrogens is 294 g/mol. The third-order valence-electron chi connectivity index (χ3n) is 3.65. The van der Waals surface area contributed by atoms with Crippen molar-refractivity contribution in [3.8, 4) is 0 Å². The molecule has 0 spiro atoms. The number of nitro groups is 1. The number of nitrogen functional groups attached to an aromatic ring is 1. The second kappa shape index (κ2) is 5.61. The molecule has 1 aliphatic carbocycles. The Labute approximate surface area is 123 Å². The van der Waals surface area contributed by atoms with Gasteiger partial charge in [0.1, 0.15) is 5.69 Å². The van der Waals surface area contributed by atoms with Crippen LogP contribution in [-0.4, -0.2) is 30.7 Å². The zero-order chi connectivity index (χ0) is 15.8. The van der Waals surface area contributed by atoms with Gasteiger partial charge in [-0.25, -0.2) is 8.42 Å². The van der Waals surface area contributed by atoms with Gasteiger partial charge in [-0.1, -0.05) is 6.92 Å². The van der Waals surface area contributed by atoms with Gasteiger partial charge in [-0.3, -0.25) is 10.1 Å². The molecule has 0 aromatic heterocycles. The number of nitrogens with zero attached hydrogens (tertiary/aromatic N) is 2. The van der Waals surface area contributed by atoms with Gasteiger partial charge in [0.25, 0.3) is 5.69 Å². The van der Waals surface area contributed by atoms with E-state index in [1.165, 1.54) is 10.4 Å². The molecule has 0 unspecified atom stereocenters. The van der Waals surface area contributed by atoms with E-state index in [4.69, 9.17) is 5.73 Å². The fraction of sp³-hybridized carbons (Fsp3) is 0.538. The fourth-order valence-corrected chi connectivity index (χ4v) is 4.01. The normalized spacial score (nSPS) is 15.4. The van der Waals surface area contributed by atoms with Crippen LogP contribution in [0.3, 0.4) is 0 Å². The number of nitro benzene ring substituents is 1. The van der Waals surface area contributed by atoms with Crippen LogP contribution < -0.4 is 5.73 Å². The summed E-state index contributed by atoms with van der Waals surface area (Å²) in [4.78, 5) is 10.3. The summed E-state index contributed by atoms with van der Waals surface area (Å²) in [6, 6.07) is 2.41. The number of benzene rings is 1. The molecular formula is C13H19N3O4S. The number of sulfonamides is 1. The number of hydrogen-bond acceptors (Lipinski definition) is 5. The first-order valence-corrected chi connectivity index (χ1v) is 8.26. The molecule has 1 aromatic carbocycles. The van der Waals surface area contributed by atoms with Crippen LogP contribution in [0.1, 0.15) is 25.3 Å². The summed E-state index contributed by atoms with van der Waals surface area (Å²) in [6.07, 6.45) is 2.07. The Morgan fingerprint density at radius 1 is 1.43 bits per heavy atom. The van der Waals surface area contributed by atoms with Crippen molar-refractivity contribution in [3.63, 3.8) is 0 Å². The number of hydrogen-bond donors (Lipinski definition) is 1. The highest BCUT2D eigenvalue weighted by Crippen LogP contribution is 2.34. The minimum Gasteiger partial charge on any atom is -0.393 e. The predicted octanol–water partition coefficient (Wildman–Crippen LogP) is 1.91. The van der Waals surface area contributed by atoms with Gasteiger partial charge >= 0.3 is 0 Å². The Kier molecular flexibility index (Phi) is 4.20. The molecule has 1 aromatic rings. The molecule has 2 N–H and O–H groups in total. The van der Waals surface area contributed by atoms with Crippen molar-refractivity contribution in [3.05, 3.63) is 27.8 Å². The highest BCUT2D eigenvalue weighted by atomic mass is 32.2. The van der Waals surface area contributed by atoms with Gasteiger partial charge < -0.3 is 5.73 Å². The largest absolute Gasteiger partial charge is 0.393 e. The molecule has 0 atom stereocenters. The summed E-state index contributed by atoms with van der Waals surface area (Å²) >= 11 is 0. The first-order chi connectivity index (χ1) is 9.77. The zero-order valence-corrected chi connectivity index (χ0v) is 12.9. The molecule has 1 saturated carbocycles. The quantitative estimate of drug-likeness (QED) is 0.490. The highest BCUT2D eigenvalue weighted by Gasteiger charge is 2.32. The lowest BCUT2D eigenvalue weighted by molar-refractivity contribution is -0.384. The van der Waals surface area contributed by atoms with Crippen LogP contribution in [0, 0.1) is 23.0 Å². The molecule has 0 heterocycles. The van der Waals surface area contributed by atoms with Gasteiger partial charge in [-0.2, -0.15) is 4.31 Å². The molecule has 1 aliphatic rings. The third kappa shape index (κ3) is 3.16. The summed E-state index contributed by atoms with van der Waals surface area (Å²) in [5, 5.41) is 11.0. The first kappa shape index (κ1) is 15.7.